The minimum absolute atomic E-state index is 0.0288. The zero-order valence-electron chi connectivity index (χ0n) is 42.5. The van der Waals surface area contributed by atoms with Crippen molar-refractivity contribution in [3.8, 4) is 0 Å². The van der Waals surface area contributed by atoms with Crippen molar-refractivity contribution in [2.24, 2.45) is 45.8 Å². The lowest BCUT2D eigenvalue weighted by molar-refractivity contribution is -0.347. The van der Waals surface area contributed by atoms with Crippen LogP contribution in [0.25, 0.3) is 11.2 Å². The zero-order valence-corrected chi connectivity index (χ0v) is 46.0. The molecule has 2 aromatic heterocycles. The average molecular weight is 1150 g/mol. The second kappa shape index (κ2) is 23.5. The maximum Gasteiger partial charge on any atom is 0.274 e. The molecule has 5 aliphatic rings. The second-order valence-corrected chi connectivity index (χ2v) is 26.9. The summed E-state index contributed by atoms with van der Waals surface area (Å²) in [4.78, 5) is 111. The molecule has 4 aliphatic carbocycles. The van der Waals surface area contributed by atoms with E-state index < -0.39 is 102 Å². The molecule has 1 aliphatic heterocycles. The van der Waals surface area contributed by atoms with E-state index in [0.717, 1.165) is 53.8 Å². The lowest BCUT2D eigenvalue weighted by atomic mass is 9.45. The number of thioether (sulfide) groups is 1. The molecule has 4 fully saturated rings. The third kappa shape index (κ3) is 13.4. The number of hydrogen-bond donors (Lipinski definition) is 7. The second-order valence-electron chi connectivity index (χ2n) is 21.6. The molecule has 2 unspecified atom stereocenters. The highest BCUT2D eigenvalue weighted by Gasteiger charge is 2.65. The molecule has 0 spiro atoms. The number of rotatable bonds is 23. The Morgan fingerprint density at radius 2 is 1.72 bits per heavy atom. The van der Waals surface area contributed by atoms with E-state index in [2.05, 4.69) is 64.2 Å². The minimum Gasteiger partial charge on any atom is -0.790 e. The first kappa shape index (κ1) is 60.5. The van der Waals surface area contributed by atoms with Crippen LogP contribution in [-0.2, 0) is 55.5 Å². The number of aliphatic hydroxyl groups is 4. The summed E-state index contributed by atoms with van der Waals surface area (Å²) in [5, 5.41) is 49.9. The fourth-order valence-corrected chi connectivity index (χ4v) is 15.8. The number of ether oxygens (including phenoxy) is 1. The number of anilines is 1. The number of carbonyl (C=O) groups excluding carboxylic acids is 4. The zero-order chi connectivity index (χ0) is 55.9. The van der Waals surface area contributed by atoms with Crippen LogP contribution < -0.4 is 35.9 Å². The van der Waals surface area contributed by atoms with Crippen LogP contribution in [0.4, 0.5) is 5.82 Å². The molecule has 0 aromatic carbocycles. The summed E-state index contributed by atoms with van der Waals surface area (Å²) < 4.78 is 61.1. The number of carbonyl (C=O) groups is 4. The van der Waals surface area contributed by atoms with Crippen molar-refractivity contribution in [3.05, 3.63) is 24.3 Å². The van der Waals surface area contributed by atoms with E-state index in [4.69, 9.17) is 10.5 Å². The Morgan fingerprint density at radius 3 is 2.43 bits per heavy atom. The predicted octanol–water partition coefficient (Wildman–Crippen LogP) is -0.357. The Bertz CT molecular complexity index is 2680. The summed E-state index contributed by atoms with van der Waals surface area (Å²) in [6.45, 7) is 6.44. The number of aromatic nitrogens is 4. The number of nitrogen functional groups attached to an aromatic ring is 1. The number of imidazole rings is 1. The van der Waals surface area contributed by atoms with E-state index in [-0.39, 0.29) is 88.1 Å². The standard InChI is InChI=1S/C45H70N7O20P3S/c1-23(26-7-8-27-34-28(18-31(55)45(26,27)5)44(4)12-10-25(53)16-24(44)17-29(34)54)6-9-33(57)76-15-14-47-32(56)11-13-48-41(60)38(59)43(2,3)20-69-75(66,67)72-74(64,65)68-19-30-37(71-73(61,62)63)36(58)42(70-30)52-22-51-35-39(46)49-21-50-40(35)52/h16,21-23,26-31,34,36-38,42,54-55,58-59H,6-15,17-20H2,1-5H3,(H,47,56)(H,48,60)(H,64,65)(H,66,67)(H2,46,49,50)(H2,61,62,63)/p-4/t23-,26-,27+,28+,29-,30-,31+,34+,36-,37-,38+,42-,44+,45-/m1/s1. The van der Waals surface area contributed by atoms with Crippen molar-refractivity contribution < 1.29 is 95.5 Å². The summed E-state index contributed by atoms with van der Waals surface area (Å²) in [7, 11) is -17.7. The molecule has 3 saturated carbocycles. The van der Waals surface area contributed by atoms with Gasteiger partial charge in [-0.3, -0.25) is 32.9 Å². The van der Waals surface area contributed by atoms with Crippen molar-refractivity contribution in [1.82, 2.24) is 30.2 Å². The highest BCUT2D eigenvalue weighted by Crippen LogP contribution is 2.68. The van der Waals surface area contributed by atoms with Gasteiger partial charge in [0.1, 0.15) is 36.3 Å². The molecular weight excluding hydrogens is 1080 g/mol. The van der Waals surface area contributed by atoms with Gasteiger partial charge in [0.15, 0.2) is 28.6 Å². The first-order chi connectivity index (χ1) is 35.4. The third-order valence-electron chi connectivity index (χ3n) is 16.4. The van der Waals surface area contributed by atoms with Crippen molar-refractivity contribution in [2.75, 3.05) is 37.8 Å². The normalized spacial score (nSPS) is 33.0. The number of nitrogens with two attached hydrogens (primary N) is 1. The molecule has 8 N–H and O–H groups in total. The summed E-state index contributed by atoms with van der Waals surface area (Å²) in [5.41, 5.74) is 4.42. The summed E-state index contributed by atoms with van der Waals surface area (Å²) in [5.74, 6) is -0.688. The molecule has 31 heteroatoms. The van der Waals surface area contributed by atoms with E-state index in [9.17, 15) is 72.9 Å². The maximum atomic E-state index is 13.0. The monoisotopic (exact) mass is 1150 g/mol. The van der Waals surface area contributed by atoms with E-state index in [1.165, 1.54) is 13.8 Å². The van der Waals surface area contributed by atoms with Crippen molar-refractivity contribution in [1.29, 1.82) is 0 Å². The first-order valence-corrected chi connectivity index (χ1v) is 30.3. The van der Waals surface area contributed by atoms with Gasteiger partial charge in [-0.1, -0.05) is 52.0 Å². The Hall–Kier alpha value is -3.11. The maximum absolute atomic E-state index is 13.0. The number of aliphatic hydroxyl groups excluding tert-OH is 4. The quantitative estimate of drug-likeness (QED) is 0.0552. The van der Waals surface area contributed by atoms with Crippen LogP contribution in [0.2, 0.25) is 0 Å². The number of amides is 2. The number of nitrogens with zero attached hydrogens (tertiary/aromatic N) is 4. The van der Waals surface area contributed by atoms with Gasteiger partial charge in [-0.15, -0.1) is 0 Å². The molecule has 2 amide bonds. The largest absolute Gasteiger partial charge is 0.790 e. The number of fused-ring (bicyclic) bond motifs is 6. The Morgan fingerprint density at radius 1 is 1.01 bits per heavy atom. The molecular formula is C45H66N7O20P3S-4. The smallest absolute Gasteiger partial charge is 0.274 e. The predicted molar refractivity (Wildman–Crippen MR) is 260 cm³/mol. The third-order valence-corrected chi connectivity index (χ3v) is 20.3. The van der Waals surface area contributed by atoms with Gasteiger partial charge in [0, 0.05) is 43.5 Å². The molecule has 0 bridgehead atoms. The van der Waals surface area contributed by atoms with E-state index in [1.807, 2.05) is 0 Å². The van der Waals surface area contributed by atoms with E-state index in [1.54, 1.807) is 6.08 Å². The van der Waals surface area contributed by atoms with Gasteiger partial charge in [0.2, 0.25) is 11.8 Å². The molecule has 2 aromatic rings. The molecule has 0 radical (unpaired) electrons. The van der Waals surface area contributed by atoms with Crippen LogP contribution in [0.5, 0.6) is 0 Å². The topological polar surface area (TPSA) is 432 Å². The Kier molecular flexibility index (Phi) is 18.7. The number of nitrogens with one attached hydrogen (secondary N) is 2. The fraction of sp³-hybridized carbons (Fsp3) is 0.756. The lowest BCUT2D eigenvalue weighted by Crippen LogP contribution is -2.60. The molecule has 27 nitrogen and oxygen atoms in total. The molecule has 16 atom stereocenters. The van der Waals surface area contributed by atoms with E-state index in [0.29, 0.717) is 32.1 Å². The van der Waals surface area contributed by atoms with Gasteiger partial charge in [-0.2, -0.15) is 0 Å². The molecule has 3 heterocycles. The lowest BCUT2D eigenvalue weighted by Gasteiger charge is -2.61. The van der Waals surface area contributed by atoms with Crippen molar-refractivity contribution in [2.45, 2.75) is 135 Å². The van der Waals surface area contributed by atoms with Gasteiger partial charge >= 0.3 is 0 Å². The molecule has 7 rings (SSSR count). The average Bonchev–Trinajstić information content (AvgIpc) is 4.03. The summed E-state index contributed by atoms with van der Waals surface area (Å²) >= 11 is 1.08. The minimum atomic E-state index is -5.95. The molecule has 76 heavy (non-hydrogen) atoms. The summed E-state index contributed by atoms with van der Waals surface area (Å²) in [6.07, 6.45) is -2.20. The van der Waals surface area contributed by atoms with Crippen LogP contribution >= 0.6 is 35.2 Å². The molecule has 1 saturated heterocycles. The number of phosphoric ester groups is 3. The van der Waals surface area contributed by atoms with Gasteiger partial charge < -0.3 is 79.2 Å². The van der Waals surface area contributed by atoms with Gasteiger partial charge in [-0.25, -0.2) is 19.3 Å². The van der Waals surface area contributed by atoms with Gasteiger partial charge in [0.05, 0.1) is 39.6 Å². The number of hydrogen-bond acceptors (Lipinski definition) is 25. The Labute approximate surface area is 442 Å². The van der Waals surface area contributed by atoms with E-state index >= 15 is 0 Å². The van der Waals surface area contributed by atoms with Crippen LogP contribution in [0, 0.1) is 45.8 Å². The van der Waals surface area contributed by atoms with Crippen LogP contribution in [0.1, 0.15) is 98.6 Å². The first-order valence-electron chi connectivity index (χ1n) is 24.9. The summed E-state index contributed by atoms with van der Waals surface area (Å²) in [6, 6.07) is 0. The number of ketones is 1. The van der Waals surface area contributed by atoms with Crippen molar-refractivity contribution in [3.63, 3.8) is 0 Å². The van der Waals surface area contributed by atoms with Crippen LogP contribution in [0.3, 0.4) is 0 Å². The van der Waals surface area contributed by atoms with Gasteiger partial charge in [0.25, 0.3) is 15.6 Å². The fourth-order valence-electron chi connectivity index (χ4n) is 12.4. The highest BCUT2D eigenvalue weighted by atomic mass is 32.2. The SMILES string of the molecule is C[C@H](CCC(=O)SCCNC(=O)CCNC(=O)[C@H](O)C(C)(C)COP(=O)([O-])OP(=O)([O-])OC[C@H]1O[C@@H](n2cnc3c(N)ncnc32)[C@H](O)[C@@H]1OP(=O)([O-])[O-])[C@H]1CC[C@H]2[C@@H]3[C@H](O)CC4=CC(=O)CC[C@]4(C)[C@H]3C[C@H](O)[C@]12C. The van der Waals surface area contributed by atoms with Crippen molar-refractivity contribution >= 4 is 74.9 Å². The number of phosphoric acid groups is 3. The van der Waals surface area contributed by atoms with Gasteiger partial charge in [-0.05, 0) is 85.0 Å². The van der Waals surface area contributed by atoms with Crippen LogP contribution in [0.15, 0.2) is 24.3 Å². The highest BCUT2D eigenvalue weighted by molar-refractivity contribution is 8.13. The van der Waals surface area contributed by atoms with Crippen LogP contribution in [-0.4, -0.2) is 131 Å². The Balaban J connectivity index is 0.786. The molecule has 426 valence electrons.